The summed E-state index contributed by atoms with van der Waals surface area (Å²) in [5.74, 6) is 0.469. The second-order valence-corrected chi connectivity index (χ2v) is 9.87. The molecule has 0 unspecified atom stereocenters. The molecule has 0 spiro atoms. The van der Waals surface area contributed by atoms with Crippen molar-refractivity contribution in [3.05, 3.63) is 40.8 Å². The van der Waals surface area contributed by atoms with Crippen LogP contribution in [0, 0.1) is 11.3 Å². The van der Waals surface area contributed by atoms with Crippen LogP contribution < -0.4 is 10.4 Å². The zero-order valence-electron chi connectivity index (χ0n) is 18.4. The van der Waals surface area contributed by atoms with Crippen LogP contribution >= 0.6 is 0 Å². The van der Waals surface area contributed by atoms with Crippen LogP contribution in [0.3, 0.4) is 0 Å². The average Bonchev–Trinajstić information content (AvgIpc) is 2.64. The summed E-state index contributed by atoms with van der Waals surface area (Å²) < 4.78 is 10.9. The van der Waals surface area contributed by atoms with Gasteiger partial charge in [-0.1, -0.05) is 13.8 Å². The molecule has 0 bridgehead atoms. The average molecular weight is 419 g/mol. The highest BCUT2D eigenvalue weighted by Crippen LogP contribution is 2.49. The van der Waals surface area contributed by atoms with Crippen molar-refractivity contribution in [3.63, 3.8) is 0 Å². The summed E-state index contributed by atoms with van der Waals surface area (Å²) in [5.41, 5.74) is -2.17. The molecule has 1 saturated carbocycles. The summed E-state index contributed by atoms with van der Waals surface area (Å²) in [4.78, 5) is 11.4. The molecule has 1 aliphatic rings. The van der Waals surface area contributed by atoms with Gasteiger partial charge in [0.15, 0.2) is 0 Å². The molecule has 0 saturated heterocycles. The van der Waals surface area contributed by atoms with Gasteiger partial charge in [0, 0.05) is 23.9 Å². The topological polar surface area (TPSA) is 100 Å². The summed E-state index contributed by atoms with van der Waals surface area (Å²) in [5, 5.41) is 32.9. The number of fused-ring (bicyclic) bond motifs is 1. The second kappa shape index (κ2) is 8.33. The Bertz CT molecular complexity index is 927. The zero-order valence-corrected chi connectivity index (χ0v) is 18.4. The van der Waals surface area contributed by atoms with E-state index in [0.29, 0.717) is 50.0 Å². The van der Waals surface area contributed by atoms with Gasteiger partial charge < -0.3 is 24.5 Å². The van der Waals surface area contributed by atoms with Gasteiger partial charge in [-0.3, -0.25) is 0 Å². The van der Waals surface area contributed by atoms with Crippen molar-refractivity contribution in [2.24, 2.45) is 11.3 Å². The molecule has 30 heavy (non-hydrogen) atoms. The summed E-state index contributed by atoms with van der Waals surface area (Å²) in [6.07, 6.45) is 2.23. The molecule has 6 heteroatoms. The fourth-order valence-electron chi connectivity index (χ4n) is 4.79. The van der Waals surface area contributed by atoms with Crippen LogP contribution in [0.4, 0.5) is 0 Å². The van der Waals surface area contributed by atoms with E-state index >= 15 is 0 Å². The Hall–Kier alpha value is -1.89. The van der Waals surface area contributed by atoms with Crippen molar-refractivity contribution in [2.75, 3.05) is 6.61 Å². The first-order valence-corrected chi connectivity index (χ1v) is 10.7. The predicted octanol–water partition coefficient (Wildman–Crippen LogP) is 3.64. The van der Waals surface area contributed by atoms with Gasteiger partial charge in [-0.15, -0.1) is 0 Å². The smallest absolute Gasteiger partial charge is 0.336 e. The Morgan fingerprint density at radius 1 is 1.20 bits per heavy atom. The van der Waals surface area contributed by atoms with E-state index in [1.54, 1.807) is 25.1 Å². The molecule has 1 heterocycles. The fraction of sp³-hybridized carbons (Fsp3) is 0.625. The lowest BCUT2D eigenvalue weighted by Gasteiger charge is -2.51. The van der Waals surface area contributed by atoms with Crippen LogP contribution in [0.15, 0.2) is 39.5 Å². The largest absolute Gasteiger partial charge is 0.493 e. The van der Waals surface area contributed by atoms with E-state index in [1.165, 1.54) is 6.07 Å². The lowest BCUT2D eigenvalue weighted by atomic mass is 9.58. The number of ether oxygens (including phenoxy) is 1. The normalized spacial score (nSPS) is 28.2. The quantitative estimate of drug-likeness (QED) is 0.594. The van der Waals surface area contributed by atoms with E-state index in [1.807, 2.05) is 26.8 Å². The van der Waals surface area contributed by atoms with Gasteiger partial charge in [0.25, 0.3) is 0 Å². The Balaban J connectivity index is 1.57. The molecule has 0 amide bonds. The predicted molar refractivity (Wildman–Crippen MR) is 116 cm³/mol. The van der Waals surface area contributed by atoms with Crippen molar-refractivity contribution in [1.82, 2.24) is 0 Å². The molecule has 3 rings (SSSR count). The van der Waals surface area contributed by atoms with Crippen molar-refractivity contribution in [1.29, 1.82) is 0 Å². The molecule has 6 nitrogen and oxygen atoms in total. The van der Waals surface area contributed by atoms with E-state index in [9.17, 15) is 20.1 Å². The number of rotatable bonds is 7. The maximum absolute atomic E-state index is 11.4. The van der Waals surface area contributed by atoms with Gasteiger partial charge in [0.2, 0.25) is 0 Å². The molecule has 1 aromatic heterocycles. The van der Waals surface area contributed by atoms with Crippen molar-refractivity contribution < 1.29 is 24.5 Å². The third-order valence-corrected chi connectivity index (χ3v) is 6.91. The monoisotopic (exact) mass is 418 g/mol. The number of benzene rings is 1. The van der Waals surface area contributed by atoms with Crippen LogP contribution in [0.5, 0.6) is 5.75 Å². The second-order valence-electron chi connectivity index (χ2n) is 9.87. The SMILES string of the molecule is CC1(C)[C@H](O)CC[C@](C)(O)[C@H]1CC[C@@](C)(O)CCOc1ccc2ccc(=O)oc2c1. The van der Waals surface area contributed by atoms with Crippen LogP contribution in [0.2, 0.25) is 0 Å². The summed E-state index contributed by atoms with van der Waals surface area (Å²) in [7, 11) is 0. The molecule has 3 N–H and O–H groups in total. The van der Waals surface area contributed by atoms with Gasteiger partial charge >= 0.3 is 5.63 Å². The van der Waals surface area contributed by atoms with E-state index < -0.39 is 28.3 Å². The molecule has 166 valence electrons. The van der Waals surface area contributed by atoms with Crippen molar-refractivity contribution >= 4 is 11.0 Å². The Morgan fingerprint density at radius 3 is 2.63 bits per heavy atom. The molecule has 2 aromatic rings. The molecule has 0 aliphatic heterocycles. The van der Waals surface area contributed by atoms with Crippen LogP contribution in [0.1, 0.15) is 59.8 Å². The lowest BCUT2D eigenvalue weighted by molar-refractivity contribution is -0.150. The first-order chi connectivity index (χ1) is 13.9. The zero-order chi connectivity index (χ0) is 22.2. The van der Waals surface area contributed by atoms with Crippen molar-refractivity contribution in [3.8, 4) is 5.75 Å². The summed E-state index contributed by atoms with van der Waals surface area (Å²) >= 11 is 0. The third kappa shape index (κ3) is 5.05. The molecule has 1 aromatic carbocycles. The maximum Gasteiger partial charge on any atom is 0.336 e. The summed E-state index contributed by atoms with van der Waals surface area (Å²) in [6.45, 7) is 7.90. The first-order valence-electron chi connectivity index (χ1n) is 10.7. The molecule has 4 atom stereocenters. The Labute approximate surface area is 177 Å². The van der Waals surface area contributed by atoms with Gasteiger partial charge in [0.05, 0.1) is 23.9 Å². The van der Waals surface area contributed by atoms with Crippen LogP contribution in [-0.4, -0.2) is 39.2 Å². The minimum atomic E-state index is -0.960. The van der Waals surface area contributed by atoms with Crippen LogP contribution in [-0.2, 0) is 0 Å². The first kappa shape index (κ1) is 22.8. The highest BCUT2D eigenvalue weighted by molar-refractivity contribution is 5.77. The summed E-state index contributed by atoms with van der Waals surface area (Å²) in [6, 6.07) is 8.39. The Morgan fingerprint density at radius 2 is 1.90 bits per heavy atom. The Kier molecular flexibility index (Phi) is 6.33. The lowest BCUT2D eigenvalue weighted by Crippen LogP contribution is -2.54. The van der Waals surface area contributed by atoms with Gasteiger partial charge in [-0.2, -0.15) is 0 Å². The minimum absolute atomic E-state index is 0.107. The molecule has 1 fully saturated rings. The molecular formula is C24H34O6. The number of hydrogen-bond acceptors (Lipinski definition) is 6. The standard InChI is InChI=1S/C24H34O6/c1-22(2)19(24(4,28)12-10-20(22)25)9-11-23(3,27)13-14-29-17-7-5-16-6-8-21(26)30-18(16)15-17/h5-8,15,19-20,25,27-28H,9-14H2,1-4H3/t19-,20+,23+,24-/m0/s1. The van der Waals surface area contributed by atoms with Gasteiger partial charge in [-0.05, 0) is 69.1 Å². The number of aliphatic hydroxyl groups excluding tert-OH is 1. The van der Waals surface area contributed by atoms with Crippen molar-refractivity contribution in [2.45, 2.75) is 77.1 Å². The van der Waals surface area contributed by atoms with Crippen LogP contribution in [0.25, 0.3) is 11.0 Å². The van der Waals surface area contributed by atoms with E-state index in [-0.39, 0.29) is 5.92 Å². The number of aliphatic hydroxyl groups is 3. The number of hydrogen-bond donors (Lipinski definition) is 3. The highest BCUT2D eigenvalue weighted by atomic mass is 16.5. The van der Waals surface area contributed by atoms with E-state index in [4.69, 9.17) is 9.15 Å². The maximum atomic E-state index is 11.4. The van der Waals surface area contributed by atoms with E-state index in [2.05, 4.69) is 0 Å². The van der Waals surface area contributed by atoms with Gasteiger partial charge in [0.1, 0.15) is 11.3 Å². The molecular weight excluding hydrogens is 384 g/mol. The molecule has 0 radical (unpaired) electrons. The van der Waals surface area contributed by atoms with Gasteiger partial charge in [-0.25, -0.2) is 4.79 Å². The molecule has 1 aliphatic carbocycles. The fourth-order valence-corrected chi connectivity index (χ4v) is 4.79. The van der Waals surface area contributed by atoms with E-state index in [0.717, 1.165) is 5.39 Å². The minimum Gasteiger partial charge on any atom is -0.493 e. The third-order valence-electron chi connectivity index (χ3n) is 6.91. The highest BCUT2D eigenvalue weighted by Gasteiger charge is 2.50.